The van der Waals surface area contributed by atoms with Gasteiger partial charge in [-0.05, 0) is 29.8 Å². The number of ether oxygens (including phenoxy) is 1. The Balaban J connectivity index is 1.68. The summed E-state index contributed by atoms with van der Waals surface area (Å²) in [5.74, 6) is -0.527. The van der Waals surface area contributed by atoms with E-state index in [-0.39, 0.29) is 11.9 Å². The van der Waals surface area contributed by atoms with E-state index in [2.05, 4.69) is 14.8 Å². The van der Waals surface area contributed by atoms with Crippen LogP contribution in [0.25, 0.3) is 5.69 Å². The number of hydrogen-bond acceptors (Lipinski definition) is 5. The van der Waals surface area contributed by atoms with E-state index < -0.39 is 0 Å². The third-order valence-corrected chi connectivity index (χ3v) is 3.88. The Hall–Kier alpha value is -3.48. The second kappa shape index (κ2) is 7.60. The number of carbonyl (C=O) groups is 2. The molecule has 132 valence electrons. The SMILES string of the molecule is COC(=O)c1ccc(CN(C)C(=O)c2cnn(-c3cccnc3)c2)cc1. The lowest BCUT2D eigenvalue weighted by Gasteiger charge is -2.16. The molecule has 7 nitrogen and oxygen atoms in total. The van der Waals surface area contributed by atoms with Crippen LogP contribution in [0, 0.1) is 0 Å². The van der Waals surface area contributed by atoms with Crippen molar-refractivity contribution >= 4 is 11.9 Å². The van der Waals surface area contributed by atoms with Crippen molar-refractivity contribution in [2.24, 2.45) is 0 Å². The minimum Gasteiger partial charge on any atom is -0.465 e. The third-order valence-electron chi connectivity index (χ3n) is 3.88. The first-order valence-corrected chi connectivity index (χ1v) is 7.96. The van der Waals surface area contributed by atoms with Crippen molar-refractivity contribution in [2.45, 2.75) is 6.54 Å². The van der Waals surface area contributed by atoms with Gasteiger partial charge in [-0.1, -0.05) is 12.1 Å². The van der Waals surface area contributed by atoms with Crippen molar-refractivity contribution in [3.8, 4) is 5.69 Å². The van der Waals surface area contributed by atoms with Crippen LogP contribution in [0.2, 0.25) is 0 Å². The van der Waals surface area contributed by atoms with E-state index in [9.17, 15) is 9.59 Å². The molecule has 2 aromatic heterocycles. The van der Waals surface area contributed by atoms with Gasteiger partial charge in [0.2, 0.25) is 0 Å². The highest BCUT2D eigenvalue weighted by atomic mass is 16.5. The summed E-state index contributed by atoms with van der Waals surface area (Å²) < 4.78 is 6.29. The predicted octanol–water partition coefficient (Wildman–Crippen LogP) is 2.33. The predicted molar refractivity (Wildman–Crippen MR) is 94.9 cm³/mol. The molecule has 0 atom stereocenters. The number of nitrogens with zero attached hydrogens (tertiary/aromatic N) is 4. The van der Waals surface area contributed by atoms with Crippen LogP contribution in [-0.4, -0.2) is 45.7 Å². The molecule has 0 saturated heterocycles. The largest absolute Gasteiger partial charge is 0.465 e. The van der Waals surface area contributed by atoms with Crippen molar-refractivity contribution in [1.29, 1.82) is 0 Å². The first-order valence-electron chi connectivity index (χ1n) is 7.96. The molecular weight excluding hydrogens is 332 g/mol. The molecule has 0 unspecified atom stereocenters. The topological polar surface area (TPSA) is 77.3 Å². The van der Waals surface area contributed by atoms with Gasteiger partial charge >= 0.3 is 5.97 Å². The maximum atomic E-state index is 12.6. The summed E-state index contributed by atoms with van der Waals surface area (Å²) in [5, 5.41) is 4.22. The molecule has 0 saturated carbocycles. The highest BCUT2D eigenvalue weighted by Gasteiger charge is 2.15. The zero-order chi connectivity index (χ0) is 18.5. The minimum atomic E-state index is -0.385. The highest BCUT2D eigenvalue weighted by molar-refractivity contribution is 5.93. The lowest BCUT2D eigenvalue weighted by Crippen LogP contribution is -2.25. The van der Waals surface area contributed by atoms with E-state index in [0.29, 0.717) is 17.7 Å². The number of rotatable bonds is 5. The van der Waals surface area contributed by atoms with Crippen molar-refractivity contribution in [3.05, 3.63) is 77.9 Å². The van der Waals surface area contributed by atoms with E-state index in [0.717, 1.165) is 11.3 Å². The number of pyridine rings is 1. The van der Waals surface area contributed by atoms with Crippen LogP contribution in [0.1, 0.15) is 26.3 Å². The third kappa shape index (κ3) is 3.77. The van der Waals surface area contributed by atoms with Gasteiger partial charge in [0, 0.05) is 26.0 Å². The molecule has 1 aromatic carbocycles. The van der Waals surface area contributed by atoms with Gasteiger partial charge in [-0.25, -0.2) is 9.48 Å². The monoisotopic (exact) mass is 350 g/mol. The summed E-state index contributed by atoms with van der Waals surface area (Å²) in [7, 11) is 3.06. The Morgan fingerprint density at radius 3 is 2.54 bits per heavy atom. The molecule has 0 aliphatic rings. The second-order valence-electron chi connectivity index (χ2n) is 5.73. The van der Waals surface area contributed by atoms with Crippen molar-refractivity contribution < 1.29 is 14.3 Å². The zero-order valence-corrected chi connectivity index (χ0v) is 14.5. The fourth-order valence-electron chi connectivity index (χ4n) is 2.49. The number of esters is 1. The van der Waals surface area contributed by atoms with Crippen LogP contribution < -0.4 is 0 Å². The summed E-state index contributed by atoms with van der Waals surface area (Å²) in [4.78, 5) is 29.7. The Bertz CT molecular complexity index is 904. The van der Waals surface area contributed by atoms with Gasteiger partial charge in [0.25, 0.3) is 5.91 Å². The molecular formula is C19H18N4O3. The average Bonchev–Trinajstić information content (AvgIpc) is 3.18. The molecule has 2 heterocycles. The molecule has 3 rings (SSSR count). The smallest absolute Gasteiger partial charge is 0.337 e. The van der Waals surface area contributed by atoms with Crippen LogP contribution in [0.4, 0.5) is 0 Å². The van der Waals surface area contributed by atoms with Gasteiger partial charge in [-0.15, -0.1) is 0 Å². The van der Waals surface area contributed by atoms with E-state index >= 15 is 0 Å². The minimum absolute atomic E-state index is 0.141. The maximum absolute atomic E-state index is 12.6. The fourth-order valence-corrected chi connectivity index (χ4v) is 2.49. The molecule has 1 amide bonds. The van der Waals surface area contributed by atoms with E-state index in [1.807, 2.05) is 12.1 Å². The first-order chi connectivity index (χ1) is 12.6. The number of hydrogen-bond donors (Lipinski definition) is 0. The summed E-state index contributed by atoms with van der Waals surface area (Å²) in [6, 6.07) is 10.6. The van der Waals surface area contributed by atoms with Crippen molar-refractivity contribution in [2.75, 3.05) is 14.2 Å². The first kappa shape index (κ1) is 17.3. The number of benzene rings is 1. The molecule has 0 aliphatic heterocycles. The van der Waals surface area contributed by atoms with Crippen LogP contribution in [0.5, 0.6) is 0 Å². The molecule has 0 spiro atoms. The molecule has 7 heteroatoms. The van der Waals surface area contributed by atoms with Gasteiger partial charge in [0.05, 0.1) is 36.3 Å². The molecule has 3 aromatic rings. The lowest BCUT2D eigenvalue weighted by molar-refractivity contribution is 0.0600. The highest BCUT2D eigenvalue weighted by Crippen LogP contribution is 2.12. The average molecular weight is 350 g/mol. The molecule has 0 N–H and O–H groups in total. The lowest BCUT2D eigenvalue weighted by atomic mass is 10.1. The van der Waals surface area contributed by atoms with Crippen LogP contribution in [0.3, 0.4) is 0 Å². The summed E-state index contributed by atoms with van der Waals surface area (Å²) in [5.41, 5.74) is 2.66. The number of aromatic nitrogens is 3. The Morgan fingerprint density at radius 2 is 1.88 bits per heavy atom. The maximum Gasteiger partial charge on any atom is 0.337 e. The van der Waals surface area contributed by atoms with Crippen molar-refractivity contribution in [1.82, 2.24) is 19.7 Å². The Kier molecular flexibility index (Phi) is 5.07. The van der Waals surface area contributed by atoms with E-state index in [4.69, 9.17) is 0 Å². The molecule has 0 aliphatic carbocycles. The number of methoxy groups -OCH3 is 1. The molecule has 0 radical (unpaired) electrons. The zero-order valence-electron chi connectivity index (χ0n) is 14.5. The van der Waals surface area contributed by atoms with Gasteiger partial charge in [0.15, 0.2) is 0 Å². The van der Waals surface area contributed by atoms with E-state index in [1.54, 1.807) is 59.5 Å². The van der Waals surface area contributed by atoms with Crippen LogP contribution in [-0.2, 0) is 11.3 Å². The quantitative estimate of drug-likeness (QED) is 0.660. The van der Waals surface area contributed by atoms with Crippen molar-refractivity contribution in [3.63, 3.8) is 0 Å². The number of carbonyl (C=O) groups excluding carboxylic acids is 2. The standard InChI is InChI=1S/C19H18N4O3/c1-22(12-14-5-7-15(8-6-14)19(25)26-2)18(24)16-10-21-23(13-16)17-4-3-9-20-11-17/h3-11,13H,12H2,1-2H3. The van der Waals surface area contributed by atoms with Crippen LogP contribution >= 0.6 is 0 Å². The Morgan fingerprint density at radius 1 is 1.12 bits per heavy atom. The van der Waals surface area contributed by atoms with E-state index in [1.165, 1.54) is 13.3 Å². The van der Waals surface area contributed by atoms with Gasteiger partial charge in [-0.3, -0.25) is 9.78 Å². The molecule has 0 fully saturated rings. The van der Waals surface area contributed by atoms with Crippen LogP contribution in [0.15, 0.2) is 61.2 Å². The molecule has 0 bridgehead atoms. The fraction of sp³-hybridized carbons (Fsp3) is 0.158. The van der Waals surface area contributed by atoms with Gasteiger partial charge < -0.3 is 9.64 Å². The van der Waals surface area contributed by atoms with Gasteiger partial charge in [0.1, 0.15) is 0 Å². The molecule has 26 heavy (non-hydrogen) atoms. The summed E-state index contributed by atoms with van der Waals surface area (Å²) in [6.45, 7) is 0.415. The Labute approximate surface area is 150 Å². The summed E-state index contributed by atoms with van der Waals surface area (Å²) in [6.07, 6.45) is 6.56. The number of amides is 1. The summed E-state index contributed by atoms with van der Waals surface area (Å²) >= 11 is 0. The van der Waals surface area contributed by atoms with Gasteiger partial charge in [-0.2, -0.15) is 5.10 Å². The second-order valence-corrected chi connectivity index (χ2v) is 5.73. The normalized spacial score (nSPS) is 10.4.